The Balaban J connectivity index is 2.16. The number of halogens is 2. The molecule has 0 fully saturated rings. The number of rotatable bonds is 6. The second kappa shape index (κ2) is 7.95. The molecule has 134 valence electrons. The molecule has 6 nitrogen and oxygen atoms in total. The highest BCUT2D eigenvalue weighted by molar-refractivity contribution is 7.92. The first-order chi connectivity index (χ1) is 11.7. The summed E-state index contributed by atoms with van der Waals surface area (Å²) in [4.78, 5) is 11.5. The average Bonchev–Trinajstić information content (AvgIpc) is 2.57. The lowest BCUT2D eigenvalue weighted by Gasteiger charge is -2.14. The first kappa shape index (κ1) is 19.4. The topological polar surface area (TPSA) is 84.5 Å². The Morgan fingerprint density at radius 3 is 2.32 bits per heavy atom. The van der Waals surface area contributed by atoms with E-state index in [4.69, 9.17) is 27.9 Å². The van der Waals surface area contributed by atoms with Gasteiger partial charge in [-0.3, -0.25) is 9.52 Å². The van der Waals surface area contributed by atoms with E-state index in [1.54, 1.807) is 6.92 Å². The van der Waals surface area contributed by atoms with E-state index in [9.17, 15) is 13.2 Å². The van der Waals surface area contributed by atoms with Crippen molar-refractivity contribution in [2.75, 3.05) is 11.8 Å². The van der Waals surface area contributed by atoms with Crippen LogP contribution in [0.5, 0.6) is 5.75 Å². The zero-order valence-electron chi connectivity index (χ0n) is 13.4. The van der Waals surface area contributed by atoms with Crippen molar-refractivity contribution >= 4 is 44.8 Å². The smallest absolute Gasteiger partial charge is 0.261 e. The molecular weight excluding hydrogens is 387 g/mol. The molecule has 0 radical (unpaired) electrons. The lowest BCUT2D eigenvalue weighted by molar-refractivity contribution is -0.126. The Morgan fingerprint density at radius 1 is 1.12 bits per heavy atom. The minimum atomic E-state index is -3.83. The summed E-state index contributed by atoms with van der Waals surface area (Å²) in [6.45, 7) is 1.59. The number of nitrogens with one attached hydrogen (secondary N) is 2. The first-order valence-corrected chi connectivity index (χ1v) is 9.43. The Kier molecular flexibility index (Phi) is 6.16. The molecule has 0 aliphatic rings. The van der Waals surface area contributed by atoms with Gasteiger partial charge in [-0.25, -0.2) is 8.42 Å². The van der Waals surface area contributed by atoms with Crippen LogP contribution in [0, 0.1) is 0 Å². The standard InChI is InChI=1S/C16H16Cl2N2O4S/c1-10(16(21)19-2)24-12-4-6-13(7-5-12)25(22,23)20-15-8-3-11(17)9-14(15)18/h3-10,20H,1-2H3,(H,19,21)/t10-/m1/s1. The lowest BCUT2D eigenvalue weighted by Crippen LogP contribution is -2.33. The molecule has 0 bridgehead atoms. The van der Waals surface area contributed by atoms with Gasteiger partial charge in [0.2, 0.25) is 0 Å². The van der Waals surface area contributed by atoms with E-state index in [0.717, 1.165) is 0 Å². The van der Waals surface area contributed by atoms with Gasteiger partial charge in [0.1, 0.15) is 5.75 Å². The van der Waals surface area contributed by atoms with Gasteiger partial charge in [0.25, 0.3) is 15.9 Å². The predicted octanol–water partition coefficient (Wildman–Crippen LogP) is 3.31. The molecule has 0 unspecified atom stereocenters. The summed E-state index contributed by atoms with van der Waals surface area (Å²) in [5.41, 5.74) is 0.222. The zero-order chi connectivity index (χ0) is 18.6. The molecule has 2 rings (SSSR count). The van der Waals surface area contributed by atoms with Crippen LogP contribution in [0.4, 0.5) is 5.69 Å². The molecule has 0 aliphatic heterocycles. The quantitative estimate of drug-likeness (QED) is 0.775. The Morgan fingerprint density at radius 2 is 1.76 bits per heavy atom. The van der Waals surface area contributed by atoms with Crippen LogP contribution < -0.4 is 14.8 Å². The van der Waals surface area contributed by atoms with Crippen molar-refractivity contribution < 1.29 is 17.9 Å². The summed E-state index contributed by atoms with van der Waals surface area (Å²) >= 11 is 11.8. The van der Waals surface area contributed by atoms with Crippen LogP contribution in [-0.4, -0.2) is 27.5 Å². The third-order valence-electron chi connectivity index (χ3n) is 3.24. The third-order valence-corrected chi connectivity index (χ3v) is 5.17. The van der Waals surface area contributed by atoms with Crippen LogP contribution in [0.3, 0.4) is 0 Å². The van der Waals surface area contributed by atoms with Crippen molar-refractivity contribution in [1.29, 1.82) is 0 Å². The monoisotopic (exact) mass is 402 g/mol. The summed E-state index contributed by atoms with van der Waals surface area (Å²) in [6, 6.07) is 10.1. The van der Waals surface area contributed by atoms with Gasteiger partial charge in [-0.1, -0.05) is 23.2 Å². The number of likely N-dealkylation sites (N-methyl/N-ethyl adjacent to an activating group) is 1. The van der Waals surface area contributed by atoms with Crippen molar-refractivity contribution in [1.82, 2.24) is 5.32 Å². The lowest BCUT2D eigenvalue weighted by atomic mass is 10.3. The van der Waals surface area contributed by atoms with Crippen molar-refractivity contribution in [3.05, 3.63) is 52.5 Å². The molecule has 2 N–H and O–H groups in total. The van der Waals surface area contributed by atoms with E-state index < -0.39 is 16.1 Å². The van der Waals surface area contributed by atoms with E-state index >= 15 is 0 Å². The van der Waals surface area contributed by atoms with Crippen molar-refractivity contribution in [2.24, 2.45) is 0 Å². The average molecular weight is 403 g/mol. The van der Waals surface area contributed by atoms with Gasteiger partial charge in [-0.15, -0.1) is 0 Å². The molecule has 2 aromatic carbocycles. The maximum atomic E-state index is 12.4. The van der Waals surface area contributed by atoms with Gasteiger partial charge < -0.3 is 10.1 Å². The molecule has 2 aromatic rings. The van der Waals surface area contributed by atoms with Crippen LogP contribution in [0.25, 0.3) is 0 Å². The number of ether oxygens (including phenoxy) is 1. The van der Waals surface area contributed by atoms with Crippen LogP contribution >= 0.6 is 23.2 Å². The number of carbonyl (C=O) groups is 1. The zero-order valence-corrected chi connectivity index (χ0v) is 15.7. The number of hydrogen-bond acceptors (Lipinski definition) is 4. The molecule has 9 heteroatoms. The summed E-state index contributed by atoms with van der Waals surface area (Å²) in [6.07, 6.45) is -0.696. The SMILES string of the molecule is CNC(=O)[C@@H](C)Oc1ccc(S(=O)(=O)Nc2ccc(Cl)cc2Cl)cc1. The Labute approximate surface area is 156 Å². The molecule has 1 amide bonds. The molecule has 0 saturated heterocycles. The Hall–Kier alpha value is -1.96. The van der Waals surface area contributed by atoms with E-state index in [1.807, 2.05) is 0 Å². The number of amides is 1. The molecular formula is C16H16Cl2N2O4S. The predicted molar refractivity (Wildman–Crippen MR) is 97.9 cm³/mol. The van der Waals surface area contributed by atoms with Gasteiger partial charge in [0.05, 0.1) is 15.6 Å². The highest BCUT2D eigenvalue weighted by Crippen LogP contribution is 2.28. The number of sulfonamides is 1. The Bertz CT molecular complexity index is 870. The van der Waals surface area contributed by atoms with E-state index in [2.05, 4.69) is 10.0 Å². The van der Waals surface area contributed by atoms with Crippen molar-refractivity contribution in [2.45, 2.75) is 17.9 Å². The molecule has 0 heterocycles. The fourth-order valence-corrected chi connectivity index (χ4v) is 3.53. The molecule has 25 heavy (non-hydrogen) atoms. The van der Waals surface area contributed by atoms with Gasteiger partial charge in [-0.05, 0) is 49.4 Å². The summed E-state index contributed by atoms with van der Waals surface area (Å²) < 4.78 is 32.7. The van der Waals surface area contributed by atoms with Crippen LogP contribution in [0.2, 0.25) is 10.0 Å². The van der Waals surface area contributed by atoms with Gasteiger partial charge in [-0.2, -0.15) is 0 Å². The molecule has 0 aromatic heterocycles. The number of hydrogen-bond donors (Lipinski definition) is 2. The van der Waals surface area contributed by atoms with E-state index in [-0.39, 0.29) is 21.5 Å². The second-order valence-electron chi connectivity index (χ2n) is 5.08. The molecule has 0 saturated carbocycles. The highest BCUT2D eigenvalue weighted by Gasteiger charge is 2.17. The van der Waals surface area contributed by atoms with E-state index in [0.29, 0.717) is 10.8 Å². The second-order valence-corrected chi connectivity index (χ2v) is 7.60. The maximum Gasteiger partial charge on any atom is 0.261 e. The normalized spacial score (nSPS) is 12.3. The van der Waals surface area contributed by atoms with Crippen molar-refractivity contribution in [3.8, 4) is 5.75 Å². The fraction of sp³-hybridized carbons (Fsp3) is 0.188. The molecule has 1 atom stereocenters. The first-order valence-electron chi connectivity index (χ1n) is 7.19. The summed E-state index contributed by atoms with van der Waals surface area (Å²) in [5.74, 6) is 0.0929. The van der Waals surface area contributed by atoms with Gasteiger partial charge in [0, 0.05) is 12.1 Å². The van der Waals surface area contributed by atoms with Crippen LogP contribution in [0.1, 0.15) is 6.92 Å². The fourth-order valence-electron chi connectivity index (χ4n) is 1.93. The number of anilines is 1. The van der Waals surface area contributed by atoms with Gasteiger partial charge in [0.15, 0.2) is 6.10 Å². The van der Waals surface area contributed by atoms with Gasteiger partial charge >= 0.3 is 0 Å². The number of benzene rings is 2. The minimum Gasteiger partial charge on any atom is -0.481 e. The third kappa shape index (κ3) is 5.01. The van der Waals surface area contributed by atoms with E-state index in [1.165, 1.54) is 49.5 Å². The molecule has 0 aliphatic carbocycles. The highest BCUT2D eigenvalue weighted by atomic mass is 35.5. The maximum absolute atomic E-state index is 12.4. The summed E-state index contributed by atoms with van der Waals surface area (Å²) in [5, 5.41) is 3.06. The van der Waals surface area contributed by atoms with Crippen LogP contribution in [0.15, 0.2) is 47.4 Å². The largest absolute Gasteiger partial charge is 0.481 e. The minimum absolute atomic E-state index is 0.0264. The molecule has 0 spiro atoms. The van der Waals surface area contributed by atoms with Crippen molar-refractivity contribution in [3.63, 3.8) is 0 Å². The van der Waals surface area contributed by atoms with Crippen LogP contribution in [-0.2, 0) is 14.8 Å². The summed E-state index contributed by atoms with van der Waals surface area (Å²) in [7, 11) is -2.32. The number of carbonyl (C=O) groups excluding carboxylic acids is 1.